The molecule has 5 rings (SSSR count). The van der Waals surface area contributed by atoms with Crippen LogP contribution < -0.4 is 14.8 Å². The van der Waals surface area contributed by atoms with E-state index in [0.29, 0.717) is 17.5 Å². The van der Waals surface area contributed by atoms with Gasteiger partial charge in [0, 0.05) is 36.4 Å². The molecule has 1 spiro atoms. The lowest BCUT2D eigenvalue weighted by atomic mass is 9.72. The monoisotopic (exact) mass is 637 g/mol. The summed E-state index contributed by atoms with van der Waals surface area (Å²) in [5.41, 5.74) is -1.39. The van der Waals surface area contributed by atoms with E-state index in [0.717, 1.165) is 31.2 Å². The van der Waals surface area contributed by atoms with Crippen molar-refractivity contribution in [2.24, 2.45) is 5.41 Å². The smallest absolute Gasteiger partial charge is 0.306 e. The molecule has 0 radical (unpaired) electrons. The largest absolute Gasteiger partial charge is 0.490 e. The second kappa shape index (κ2) is 13.4. The van der Waals surface area contributed by atoms with Crippen molar-refractivity contribution in [1.29, 1.82) is 0 Å². The number of ether oxygens (including phenoxy) is 4. The fourth-order valence-corrected chi connectivity index (χ4v) is 7.21. The van der Waals surface area contributed by atoms with Gasteiger partial charge in [-0.05, 0) is 50.7 Å². The number of esters is 1. The van der Waals surface area contributed by atoms with Gasteiger partial charge < -0.3 is 59.3 Å². The second-order valence-corrected chi connectivity index (χ2v) is 12.1. The number of amides is 1. The second-order valence-electron chi connectivity index (χ2n) is 12.1. The average molecular weight is 638 g/mol. The fourth-order valence-electron chi connectivity index (χ4n) is 7.21. The first-order valence-electron chi connectivity index (χ1n) is 15.4. The lowest BCUT2D eigenvalue weighted by Gasteiger charge is -2.48. The Bertz CT molecular complexity index is 1370. The average Bonchev–Trinajstić information content (AvgIpc) is 3.75. The SMILES string of the molecule is CCOC(=O)CCc1cc2c(C3CNC(=O)C34CCCC4)coc2c(OC)c1OC1OC(C(O)O)C(O)C(O)C1(O)CCCO. The first-order chi connectivity index (χ1) is 21.5. The zero-order chi connectivity index (χ0) is 32.5. The van der Waals surface area contributed by atoms with E-state index in [1.807, 2.05) is 0 Å². The number of methoxy groups -OCH3 is 1. The molecule has 14 heteroatoms. The molecular weight excluding hydrogens is 594 g/mol. The third kappa shape index (κ3) is 5.88. The number of hydrogen-bond acceptors (Lipinski definition) is 13. The number of fused-ring (bicyclic) bond motifs is 1. The Morgan fingerprint density at radius 2 is 1.93 bits per heavy atom. The van der Waals surface area contributed by atoms with E-state index in [1.165, 1.54) is 7.11 Å². The predicted molar refractivity (Wildman–Crippen MR) is 155 cm³/mol. The number of aryl methyl sites for hydroxylation is 1. The third-order valence-corrected chi connectivity index (χ3v) is 9.56. The van der Waals surface area contributed by atoms with Crippen molar-refractivity contribution in [3.63, 3.8) is 0 Å². The molecule has 1 saturated carbocycles. The Balaban J connectivity index is 1.62. The van der Waals surface area contributed by atoms with Crippen molar-refractivity contribution in [1.82, 2.24) is 5.32 Å². The summed E-state index contributed by atoms with van der Waals surface area (Å²) in [4.78, 5) is 25.5. The highest BCUT2D eigenvalue weighted by atomic mass is 16.7. The zero-order valence-corrected chi connectivity index (χ0v) is 25.4. The minimum Gasteiger partial charge on any atom is -0.490 e. The van der Waals surface area contributed by atoms with E-state index in [1.54, 1.807) is 19.3 Å². The molecule has 250 valence electrons. The van der Waals surface area contributed by atoms with E-state index < -0.39 is 47.9 Å². The predicted octanol–water partition coefficient (Wildman–Crippen LogP) is 0.351. The van der Waals surface area contributed by atoms with Crippen LogP contribution in [0.1, 0.15) is 68.9 Å². The molecule has 1 aromatic carbocycles. The molecule has 14 nitrogen and oxygen atoms in total. The minimum absolute atomic E-state index is 0.0147. The van der Waals surface area contributed by atoms with Crippen LogP contribution >= 0.6 is 0 Å². The Morgan fingerprint density at radius 3 is 2.58 bits per heavy atom. The molecule has 6 unspecified atom stereocenters. The van der Waals surface area contributed by atoms with Gasteiger partial charge in [0.15, 0.2) is 23.2 Å². The fraction of sp³-hybridized carbons (Fsp3) is 0.677. The summed E-state index contributed by atoms with van der Waals surface area (Å²) in [5.74, 6) is -0.566. The van der Waals surface area contributed by atoms with Gasteiger partial charge in [0.25, 0.3) is 0 Å². The molecular formula is C31H43NO13. The summed E-state index contributed by atoms with van der Waals surface area (Å²) >= 11 is 0. The highest BCUT2D eigenvalue weighted by Crippen LogP contribution is 2.54. The first-order valence-corrected chi connectivity index (χ1v) is 15.4. The summed E-state index contributed by atoms with van der Waals surface area (Å²) in [5, 5.41) is 65.9. The van der Waals surface area contributed by atoms with Crippen LogP contribution in [0.25, 0.3) is 11.0 Å². The van der Waals surface area contributed by atoms with Crippen molar-refractivity contribution in [3.8, 4) is 11.5 Å². The van der Waals surface area contributed by atoms with Crippen molar-refractivity contribution >= 4 is 22.8 Å². The number of furan rings is 1. The Hall–Kier alpha value is -2.98. The van der Waals surface area contributed by atoms with Crippen LogP contribution in [0.2, 0.25) is 0 Å². The van der Waals surface area contributed by atoms with Gasteiger partial charge in [0.2, 0.25) is 17.9 Å². The number of carbonyl (C=O) groups is 2. The number of rotatable bonds is 12. The zero-order valence-electron chi connectivity index (χ0n) is 25.4. The van der Waals surface area contributed by atoms with E-state index in [2.05, 4.69) is 5.32 Å². The molecule has 7 N–H and O–H groups in total. The Kier molecular flexibility index (Phi) is 9.94. The maximum absolute atomic E-state index is 13.0. The van der Waals surface area contributed by atoms with Crippen LogP contribution in [0.4, 0.5) is 0 Å². The number of benzene rings is 1. The van der Waals surface area contributed by atoms with Crippen LogP contribution in [0, 0.1) is 5.41 Å². The first kappa shape index (κ1) is 33.4. The molecule has 2 aromatic rings. The normalized spacial score (nSPS) is 29.4. The van der Waals surface area contributed by atoms with Crippen molar-refractivity contribution < 1.29 is 63.6 Å². The van der Waals surface area contributed by atoms with E-state index in [9.17, 15) is 40.2 Å². The van der Waals surface area contributed by atoms with Crippen molar-refractivity contribution in [3.05, 3.63) is 23.5 Å². The maximum Gasteiger partial charge on any atom is 0.306 e. The highest BCUT2D eigenvalue weighted by Gasteiger charge is 2.58. The number of aliphatic hydroxyl groups is 6. The van der Waals surface area contributed by atoms with Gasteiger partial charge in [-0.3, -0.25) is 9.59 Å². The number of hydrogen-bond donors (Lipinski definition) is 7. The lowest BCUT2D eigenvalue weighted by molar-refractivity contribution is -0.345. The molecule has 1 aliphatic carbocycles. The Labute approximate surface area is 259 Å². The van der Waals surface area contributed by atoms with Crippen molar-refractivity contribution in [2.45, 2.75) is 101 Å². The number of carbonyl (C=O) groups excluding carboxylic acids is 2. The molecule has 6 atom stereocenters. The van der Waals surface area contributed by atoms with Gasteiger partial charge >= 0.3 is 5.97 Å². The quantitative estimate of drug-likeness (QED) is 0.124. The Morgan fingerprint density at radius 1 is 1.20 bits per heavy atom. The topological polar surface area (TPSA) is 218 Å². The van der Waals surface area contributed by atoms with Crippen LogP contribution in [0.3, 0.4) is 0 Å². The molecule has 45 heavy (non-hydrogen) atoms. The molecule has 2 aliphatic heterocycles. The van der Waals surface area contributed by atoms with Crippen LogP contribution in [0.5, 0.6) is 11.5 Å². The molecule has 3 aliphatic rings. The highest BCUT2D eigenvalue weighted by molar-refractivity contribution is 5.93. The van der Waals surface area contributed by atoms with E-state index >= 15 is 0 Å². The van der Waals surface area contributed by atoms with Gasteiger partial charge in [-0.25, -0.2) is 0 Å². The minimum atomic E-state index is -2.31. The molecule has 1 aromatic heterocycles. The van der Waals surface area contributed by atoms with Gasteiger partial charge in [0.1, 0.15) is 18.3 Å². The summed E-state index contributed by atoms with van der Waals surface area (Å²) in [7, 11) is 1.37. The van der Waals surface area contributed by atoms with Gasteiger partial charge in [0.05, 0.1) is 25.4 Å². The van der Waals surface area contributed by atoms with E-state index in [-0.39, 0.29) is 67.8 Å². The van der Waals surface area contributed by atoms with E-state index in [4.69, 9.17) is 23.4 Å². The molecule has 0 bridgehead atoms. The molecule has 2 saturated heterocycles. The van der Waals surface area contributed by atoms with Gasteiger partial charge in [-0.2, -0.15) is 0 Å². The van der Waals surface area contributed by atoms with Crippen LogP contribution in [-0.2, 0) is 25.5 Å². The summed E-state index contributed by atoms with van der Waals surface area (Å²) in [6.07, 6.45) is -4.97. The van der Waals surface area contributed by atoms with Crippen molar-refractivity contribution in [2.75, 3.05) is 26.9 Å². The molecule has 3 heterocycles. The third-order valence-electron chi connectivity index (χ3n) is 9.56. The number of aliphatic hydroxyl groups excluding tert-OH is 4. The standard InChI is InChI=1S/C31H43NO13/c1-3-42-20(34)8-7-16-13-17-18(19-14-32-28(39)30(19)9-4-5-10-30)15-43-23(17)25(41-2)22(16)44-29-31(40,11-6-12-33)26(36)21(35)24(45-29)27(37)38/h13,15,19,21,24,26-27,29,33,35-38,40H,3-12,14H2,1-2H3,(H,32,39). The lowest BCUT2D eigenvalue weighted by Crippen LogP contribution is -2.69. The van der Waals surface area contributed by atoms with Crippen LogP contribution in [0.15, 0.2) is 16.7 Å². The summed E-state index contributed by atoms with van der Waals surface area (Å²) < 4.78 is 28.8. The summed E-state index contributed by atoms with van der Waals surface area (Å²) in [6.45, 7) is 1.94. The summed E-state index contributed by atoms with van der Waals surface area (Å²) in [6, 6.07) is 1.76. The van der Waals surface area contributed by atoms with Gasteiger partial charge in [-0.15, -0.1) is 0 Å². The van der Waals surface area contributed by atoms with Crippen LogP contribution in [-0.4, -0.2) is 106 Å². The van der Waals surface area contributed by atoms with Gasteiger partial charge in [-0.1, -0.05) is 12.8 Å². The number of nitrogens with one attached hydrogen (secondary N) is 1. The molecule has 3 fully saturated rings. The maximum atomic E-state index is 13.0. The molecule has 1 amide bonds.